The number of carbonyl (C=O) groups is 2. The van der Waals surface area contributed by atoms with Gasteiger partial charge in [0.2, 0.25) is 0 Å². The Balaban J connectivity index is 2.24. The highest BCUT2D eigenvalue weighted by Crippen LogP contribution is 2.27. The number of carboxylic acid groups (broad SMARTS) is 1. The molecule has 1 aromatic rings. The Kier molecular flexibility index (Phi) is 4.40. The van der Waals surface area contributed by atoms with Crippen LogP contribution in [0.2, 0.25) is 0 Å². The normalized spacial score (nSPS) is 22.0. The summed E-state index contributed by atoms with van der Waals surface area (Å²) in [4.78, 5) is 26.4. The summed E-state index contributed by atoms with van der Waals surface area (Å²) in [6.07, 6.45) is 1.81. The van der Waals surface area contributed by atoms with Crippen LogP contribution in [0.15, 0.2) is 12.1 Å². The lowest BCUT2D eigenvalue weighted by Gasteiger charge is -2.37. The predicted octanol–water partition coefficient (Wildman–Crippen LogP) is 0.868. The number of aromatic nitrogens is 2. The van der Waals surface area contributed by atoms with Crippen LogP contribution in [0.1, 0.15) is 30.3 Å². The van der Waals surface area contributed by atoms with Crippen molar-refractivity contribution in [1.82, 2.24) is 15.1 Å². The summed E-state index contributed by atoms with van der Waals surface area (Å²) in [7, 11) is 3.29. The van der Waals surface area contributed by atoms with Crippen LogP contribution in [0.4, 0.5) is 5.82 Å². The molecule has 0 bridgehead atoms. The molecule has 1 saturated heterocycles. The number of carbonyl (C=O) groups excluding carboxylic acids is 1. The fraction of sp³-hybridized carbons (Fsp3) is 0.571. The highest BCUT2D eigenvalue weighted by molar-refractivity contribution is 5.91. The van der Waals surface area contributed by atoms with Crippen LogP contribution in [0.25, 0.3) is 0 Å². The third kappa shape index (κ3) is 3.12. The molecule has 0 spiro atoms. The van der Waals surface area contributed by atoms with Crippen LogP contribution in [-0.2, 0) is 4.79 Å². The first-order valence-electron chi connectivity index (χ1n) is 6.96. The van der Waals surface area contributed by atoms with E-state index in [2.05, 4.69) is 10.2 Å². The van der Waals surface area contributed by atoms with Crippen LogP contribution >= 0.6 is 0 Å². The predicted molar refractivity (Wildman–Crippen MR) is 77.2 cm³/mol. The molecule has 21 heavy (non-hydrogen) atoms. The summed E-state index contributed by atoms with van der Waals surface area (Å²) in [6.45, 7) is 2.57. The van der Waals surface area contributed by atoms with E-state index in [0.29, 0.717) is 12.4 Å². The monoisotopic (exact) mass is 292 g/mol. The lowest BCUT2D eigenvalue weighted by Crippen LogP contribution is -2.49. The van der Waals surface area contributed by atoms with E-state index in [9.17, 15) is 14.7 Å². The number of hydrogen-bond donors (Lipinski definition) is 1. The summed E-state index contributed by atoms with van der Waals surface area (Å²) in [6, 6.07) is 2.66. The van der Waals surface area contributed by atoms with Gasteiger partial charge in [0.1, 0.15) is 6.04 Å². The van der Waals surface area contributed by atoms with Crippen LogP contribution in [-0.4, -0.2) is 58.8 Å². The standard InChI is InChI=1S/C14H20N4O3/c1-9-5-4-8-18(12(9)14(20)21)11-7-6-10(15-16-11)13(19)17(2)3/h6-7,9,12H,4-5,8H2,1-3H3,(H,20,21). The molecule has 2 heterocycles. The van der Waals surface area contributed by atoms with Gasteiger partial charge in [-0.3, -0.25) is 4.79 Å². The fourth-order valence-electron chi connectivity index (χ4n) is 2.64. The molecule has 2 atom stereocenters. The molecule has 0 radical (unpaired) electrons. The number of piperidine rings is 1. The van der Waals surface area contributed by atoms with Crippen molar-refractivity contribution < 1.29 is 14.7 Å². The number of rotatable bonds is 3. The molecule has 0 aliphatic carbocycles. The zero-order valence-corrected chi connectivity index (χ0v) is 12.5. The van der Waals surface area contributed by atoms with Gasteiger partial charge in [0.15, 0.2) is 11.5 Å². The van der Waals surface area contributed by atoms with Crippen molar-refractivity contribution in [3.05, 3.63) is 17.8 Å². The maximum atomic E-state index is 11.8. The summed E-state index contributed by atoms with van der Waals surface area (Å²) >= 11 is 0. The van der Waals surface area contributed by atoms with Crippen LogP contribution in [0, 0.1) is 5.92 Å². The fourth-order valence-corrected chi connectivity index (χ4v) is 2.64. The van der Waals surface area contributed by atoms with Gasteiger partial charge in [0.25, 0.3) is 5.91 Å². The Bertz CT molecular complexity index is 530. The van der Waals surface area contributed by atoms with E-state index < -0.39 is 12.0 Å². The summed E-state index contributed by atoms with van der Waals surface area (Å²) in [5, 5.41) is 17.4. The zero-order valence-electron chi connectivity index (χ0n) is 12.5. The molecule has 2 unspecified atom stereocenters. The molecule has 1 aliphatic rings. The Hall–Kier alpha value is -2.18. The summed E-state index contributed by atoms with van der Waals surface area (Å²) in [5.74, 6) is -0.515. The van der Waals surface area contributed by atoms with Crippen molar-refractivity contribution in [3.8, 4) is 0 Å². The average Bonchev–Trinajstić information content (AvgIpc) is 2.46. The molecule has 2 rings (SSSR count). The van der Waals surface area contributed by atoms with Gasteiger partial charge in [-0.1, -0.05) is 6.92 Å². The molecular formula is C14H20N4O3. The maximum absolute atomic E-state index is 11.8. The Morgan fingerprint density at radius 2 is 2.05 bits per heavy atom. The van der Waals surface area contributed by atoms with Gasteiger partial charge in [-0.05, 0) is 30.9 Å². The largest absolute Gasteiger partial charge is 0.480 e. The molecule has 1 amide bonds. The third-order valence-corrected chi connectivity index (χ3v) is 3.76. The van der Waals surface area contributed by atoms with E-state index in [1.54, 1.807) is 31.1 Å². The minimum atomic E-state index is -0.850. The highest BCUT2D eigenvalue weighted by Gasteiger charge is 2.35. The quantitative estimate of drug-likeness (QED) is 0.889. The van der Waals surface area contributed by atoms with Crippen molar-refractivity contribution >= 4 is 17.7 Å². The zero-order chi connectivity index (χ0) is 15.6. The number of hydrogen-bond acceptors (Lipinski definition) is 5. The van der Waals surface area contributed by atoms with Crippen molar-refractivity contribution in [2.24, 2.45) is 5.92 Å². The summed E-state index contributed by atoms with van der Waals surface area (Å²) in [5.41, 5.74) is 0.251. The van der Waals surface area contributed by atoms with Gasteiger partial charge < -0.3 is 14.9 Å². The molecule has 114 valence electrons. The molecule has 7 heteroatoms. The van der Waals surface area contributed by atoms with Gasteiger partial charge in [0.05, 0.1) is 0 Å². The van der Waals surface area contributed by atoms with Crippen LogP contribution in [0.3, 0.4) is 0 Å². The van der Waals surface area contributed by atoms with E-state index in [0.717, 1.165) is 12.8 Å². The van der Waals surface area contributed by atoms with Crippen molar-refractivity contribution in [2.45, 2.75) is 25.8 Å². The van der Waals surface area contributed by atoms with E-state index in [4.69, 9.17) is 0 Å². The maximum Gasteiger partial charge on any atom is 0.326 e. The van der Waals surface area contributed by atoms with E-state index in [1.807, 2.05) is 6.92 Å². The molecule has 1 N–H and O–H groups in total. The van der Waals surface area contributed by atoms with Crippen molar-refractivity contribution in [2.75, 3.05) is 25.5 Å². The first-order chi connectivity index (χ1) is 9.91. The van der Waals surface area contributed by atoms with Crippen LogP contribution in [0.5, 0.6) is 0 Å². The Labute approximate surface area is 123 Å². The number of carboxylic acids is 1. The van der Waals surface area contributed by atoms with Gasteiger partial charge in [-0.25, -0.2) is 4.79 Å². The van der Waals surface area contributed by atoms with Gasteiger partial charge >= 0.3 is 5.97 Å². The molecular weight excluding hydrogens is 272 g/mol. The minimum absolute atomic E-state index is 0.0566. The smallest absolute Gasteiger partial charge is 0.326 e. The number of anilines is 1. The second-order valence-electron chi connectivity index (χ2n) is 5.57. The lowest BCUT2D eigenvalue weighted by molar-refractivity contribution is -0.140. The molecule has 1 aliphatic heterocycles. The highest BCUT2D eigenvalue weighted by atomic mass is 16.4. The second-order valence-corrected chi connectivity index (χ2v) is 5.57. The number of aliphatic carboxylic acids is 1. The SMILES string of the molecule is CC1CCCN(c2ccc(C(=O)N(C)C)nn2)C1C(=O)O. The van der Waals surface area contributed by atoms with Gasteiger partial charge in [-0.15, -0.1) is 10.2 Å². The topological polar surface area (TPSA) is 86.6 Å². The Morgan fingerprint density at radius 3 is 2.57 bits per heavy atom. The van der Waals surface area contributed by atoms with E-state index in [-0.39, 0.29) is 17.5 Å². The van der Waals surface area contributed by atoms with Crippen LogP contribution < -0.4 is 4.90 Å². The van der Waals surface area contributed by atoms with Crippen molar-refractivity contribution in [3.63, 3.8) is 0 Å². The lowest BCUT2D eigenvalue weighted by atomic mass is 9.91. The van der Waals surface area contributed by atoms with Gasteiger partial charge in [-0.2, -0.15) is 0 Å². The molecule has 0 saturated carbocycles. The molecule has 1 aromatic heterocycles. The first-order valence-corrected chi connectivity index (χ1v) is 6.96. The molecule has 7 nitrogen and oxygen atoms in total. The number of amides is 1. The summed E-state index contributed by atoms with van der Waals surface area (Å²) < 4.78 is 0. The number of nitrogens with zero attached hydrogens (tertiary/aromatic N) is 4. The van der Waals surface area contributed by atoms with Crippen molar-refractivity contribution in [1.29, 1.82) is 0 Å². The third-order valence-electron chi connectivity index (χ3n) is 3.76. The van der Waals surface area contributed by atoms with E-state index >= 15 is 0 Å². The molecule has 0 aromatic carbocycles. The van der Waals surface area contributed by atoms with E-state index in [1.165, 1.54) is 4.90 Å². The minimum Gasteiger partial charge on any atom is -0.480 e. The van der Waals surface area contributed by atoms with Gasteiger partial charge in [0, 0.05) is 20.6 Å². The molecule has 1 fully saturated rings. The average molecular weight is 292 g/mol. The Morgan fingerprint density at radius 1 is 1.33 bits per heavy atom. The second kappa shape index (κ2) is 6.07. The first kappa shape index (κ1) is 15.2.